The van der Waals surface area contributed by atoms with E-state index in [0.29, 0.717) is 12.4 Å². The van der Waals surface area contributed by atoms with Crippen LogP contribution in [0.2, 0.25) is 0 Å². The van der Waals surface area contributed by atoms with Gasteiger partial charge in [0, 0.05) is 6.54 Å². The molecular formula is C11H15NO3S. The van der Waals surface area contributed by atoms with Crippen LogP contribution in [0.3, 0.4) is 0 Å². The number of hydrogen-bond acceptors (Lipinski definition) is 4. The van der Waals surface area contributed by atoms with Crippen LogP contribution >= 0.6 is 0 Å². The van der Waals surface area contributed by atoms with Gasteiger partial charge in [0.05, 0.1) is 12.4 Å². The third-order valence-electron chi connectivity index (χ3n) is 2.24. The van der Waals surface area contributed by atoms with Crippen LogP contribution in [0, 0.1) is 0 Å². The minimum atomic E-state index is -1.23. The summed E-state index contributed by atoms with van der Waals surface area (Å²) < 4.78 is 21.9. The Labute approximate surface area is 97.6 Å². The van der Waals surface area contributed by atoms with E-state index in [1.807, 2.05) is 30.3 Å². The van der Waals surface area contributed by atoms with Gasteiger partial charge in [-0.3, -0.25) is 5.32 Å². The van der Waals surface area contributed by atoms with Crippen LogP contribution in [0.4, 0.5) is 0 Å². The predicted octanol–water partition coefficient (Wildman–Crippen LogP) is 1.16. The van der Waals surface area contributed by atoms with Crippen molar-refractivity contribution in [1.29, 1.82) is 0 Å². The van der Waals surface area contributed by atoms with E-state index >= 15 is 0 Å². The Bertz CT molecular complexity index is 344. The molecule has 2 unspecified atom stereocenters. The van der Waals surface area contributed by atoms with Crippen LogP contribution in [0.15, 0.2) is 30.3 Å². The molecule has 88 valence electrons. The Morgan fingerprint density at radius 1 is 1.44 bits per heavy atom. The maximum absolute atomic E-state index is 11.3. The lowest BCUT2D eigenvalue weighted by Crippen LogP contribution is -2.33. The molecule has 2 atom stereocenters. The lowest BCUT2D eigenvalue weighted by Gasteiger charge is -2.15. The molecule has 0 radical (unpaired) electrons. The summed E-state index contributed by atoms with van der Waals surface area (Å²) in [5, 5.41) is 3.04. The Kier molecular flexibility index (Phi) is 4.47. The van der Waals surface area contributed by atoms with Gasteiger partial charge in [-0.15, -0.1) is 0 Å². The molecule has 1 N–H and O–H groups in total. The first kappa shape index (κ1) is 11.7. The molecule has 0 spiro atoms. The maximum atomic E-state index is 11.3. The average Bonchev–Trinajstić information content (AvgIpc) is 2.52. The summed E-state index contributed by atoms with van der Waals surface area (Å²) in [4.78, 5) is 0. The first-order chi connectivity index (χ1) is 7.84. The Hall–Kier alpha value is -0.750. The van der Waals surface area contributed by atoms with Crippen LogP contribution < -0.4 is 5.32 Å². The van der Waals surface area contributed by atoms with E-state index in [1.54, 1.807) is 0 Å². The van der Waals surface area contributed by atoms with Crippen molar-refractivity contribution in [2.75, 3.05) is 12.3 Å². The molecule has 1 fully saturated rings. The van der Waals surface area contributed by atoms with E-state index in [9.17, 15) is 4.21 Å². The Morgan fingerprint density at radius 2 is 2.25 bits per heavy atom. The smallest absolute Gasteiger partial charge is 0.231 e. The molecule has 1 heterocycles. The van der Waals surface area contributed by atoms with Crippen LogP contribution in [0.5, 0.6) is 0 Å². The van der Waals surface area contributed by atoms with Crippen LogP contribution in [-0.2, 0) is 26.6 Å². The minimum absolute atomic E-state index is 0.454. The highest BCUT2D eigenvalue weighted by Crippen LogP contribution is 2.06. The second kappa shape index (κ2) is 6.10. The average molecular weight is 241 g/mol. The monoisotopic (exact) mass is 241 g/mol. The van der Waals surface area contributed by atoms with Gasteiger partial charge in [0.25, 0.3) is 0 Å². The number of rotatable bonds is 3. The molecule has 4 nitrogen and oxygen atoms in total. The highest BCUT2D eigenvalue weighted by Gasteiger charge is 2.16. The highest BCUT2D eigenvalue weighted by molar-refractivity contribution is 7.80. The molecule has 1 aromatic carbocycles. The van der Waals surface area contributed by atoms with E-state index in [0.717, 1.165) is 18.5 Å². The van der Waals surface area contributed by atoms with Gasteiger partial charge in [-0.1, -0.05) is 30.3 Å². The molecule has 0 bridgehead atoms. The van der Waals surface area contributed by atoms with E-state index in [-0.39, 0.29) is 0 Å². The fourth-order valence-electron chi connectivity index (χ4n) is 1.42. The van der Waals surface area contributed by atoms with E-state index in [4.69, 9.17) is 8.92 Å². The quantitative estimate of drug-likeness (QED) is 0.862. The summed E-state index contributed by atoms with van der Waals surface area (Å²) in [7, 11) is 0. The van der Waals surface area contributed by atoms with Crippen LogP contribution in [-0.4, -0.2) is 22.9 Å². The van der Waals surface area contributed by atoms with Crippen molar-refractivity contribution in [2.24, 2.45) is 0 Å². The fourth-order valence-corrected chi connectivity index (χ4v) is 2.22. The summed E-state index contributed by atoms with van der Waals surface area (Å²) in [6.07, 6.45) is 0.279. The SMILES string of the molecule is O=S1CCCNC(OCc2ccccc2)O1. The third-order valence-corrected chi connectivity index (χ3v) is 3.25. The van der Waals surface area contributed by atoms with Gasteiger partial charge in [0.1, 0.15) is 0 Å². The van der Waals surface area contributed by atoms with E-state index < -0.39 is 17.5 Å². The molecule has 1 saturated heterocycles. The standard InChI is InChI=1S/C11H15NO3S/c13-16-8-4-7-12-11(15-16)14-9-10-5-2-1-3-6-10/h1-3,5-6,11-12H,4,7-9H2. The zero-order chi connectivity index (χ0) is 11.2. The minimum Gasteiger partial charge on any atom is -0.334 e. The zero-order valence-corrected chi connectivity index (χ0v) is 9.74. The Morgan fingerprint density at radius 3 is 3.06 bits per heavy atom. The lowest BCUT2D eigenvalue weighted by molar-refractivity contribution is -0.101. The van der Waals surface area contributed by atoms with Gasteiger partial charge >= 0.3 is 0 Å². The molecule has 1 aliphatic heterocycles. The van der Waals surface area contributed by atoms with E-state index in [1.165, 1.54) is 0 Å². The number of nitrogens with one attached hydrogen (secondary N) is 1. The van der Waals surface area contributed by atoms with Crippen molar-refractivity contribution in [3.63, 3.8) is 0 Å². The first-order valence-electron chi connectivity index (χ1n) is 5.29. The van der Waals surface area contributed by atoms with Gasteiger partial charge < -0.3 is 4.74 Å². The fraction of sp³-hybridized carbons (Fsp3) is 0.455. The van der Waals surface area contributed by atoms with Crippen molar-refractivity contribution < 1.29 is 13.1 Å². The molecule has 0 amide bonds. The number of hydrogen-bond donors (Lipinski definition) is 1. The van der Waals surface area contributed by atoms with Gasteiger partial charge in [-0.05, 0) is 12.0 Å². The first-order valence-corrected chi connectivity index (χ1v) is 6.53. The highest BCUT2D eigenvalue weighted by atomic mass is 32.2. The normalized spacial score (nSPS) is 26.2. The summed E-state index contributed by atoms with van der Waals surface area (Å²) in [6.45, 7) is 1.22. The number of benzene rings is 1. The topological polar surface area (TPSA) is 47.6 Å². The van der Waals surface area contributed by atoms with Crippen LogP contribution in [0.25, 0.3) is 0 Å². The van der Waals surface area contributed by atoms with Crippen molar-refractivity contribution in [3.8, 4) is 0 Å². The van der Waals surface area contributed by atoms with Crippen molar-refractivity contribution in [3.05, 3.63) is 35.9 Å². The van der Waals surface area contributed by atoms with Gasteiger partial charge in [-0.2, -0.15) is 0 Å². The summed E-state index contributed by atoms with van der Waals surface area (Å²) in [5.74, 6) is 0.568. The van der Waals surface area contributed by atoms with Gasteiger partial charge in [-0.25, -0.2) is 8.39 Å². The van der Waals surface area contributed by atoms with Crippen molar-refractivity contribution >= 4 is 11.1 Å². The molecule has 0 aliphatic carbocycles. The van der Waals surface area contributed by atoms with Gasteiger partial charge in [0.15, 0.2) is 11.1 Å². The summed E-state index contributed by atoms with van der Waals surface area (Å²) in [5.41, 5.74) is 1.07. The summed E-state index contributed by atoms with van der Waals surface area (Å²) in [6, 6.07) is 9.83. The molecule has 2 rings (SSSR count). The van der Waals surface area contributed by atoms with E-state index in [2.05, 4.69) is 5.32 Å². The summed E-state index contributed by atoms with van der Waals surface area (Å²) >= 11 is -1.23. The van der Waals surface area contributed by atoms with Gasteiger partial charge in [0.2, 0.25) is 6.41 Å². The molecule has 1 aliphatic rings. The molecule has 16 heavy (non-hydrogen) atoms. The van der Waals surface area contributed by atoms with Crippen LogP contribution in [0.1, 0.15) is 12.0 Å². The third kappa shape index (κ3) is 3.68. The molecule has 0 aromatic heterocycles. The second-order valence-corrected chi connectivity index (χ2v) is 4.75. The maximum Gasteiger partial charge on any atom is 0.231 e. The zero-order valence-electron chi connectivity index (χ0n) is 8.93. The van der Waals surface area contributed by atoms with Crippen molar-refractivity contribution in [2.45, 2.75) is 19.4 Å². The van der Waals surface area contributed by atoms with Crippen molar-refractivity contribution in [1.82, 2.24) is 5.32 Å². The predicted molar refractivity (Wildman–Crippen MR) is 61.7 cm³/mol. The molecule has 5 heteroatoms. The second-order valence-electron chi connectivity index (χ2n) is 3.54. The lowest BCUT2D eigenvalue weighted by atomic mass is 10.2. The largest absolute Gasteiger partial charge is 0.334 e. The Balaban J connectivity index is 1.83. The number of ether oxygens (including phenoxy) is 1. The molecular weight excluding hydrogens is 226 g/mol. The molecule has 1 aromatic rings. The molecule has 0 saturated carbocycles.